The van der Waals surface area contributed by atoms with Gasteiger partial charge in [0.15, 0.2) is 5.65 Å². The number of aromatic nitrogens is 3. The molecule has 0 bridgehead atoms. The van der Waals surface area contributed by atoms with Gasteiger partial charge >= 0.3 is 0 Å². The number of pyridine rings is 1. The van der Waals surface area contributed by atoms with Crippen LogP contribution in [-0.2, 0) is 0 Å². The molecule has 0 spiro atoms. The number of fused-ring (bicyclic) bond motifs is 1. The highest BCUT2D eigenvalue weighted by Gasteiger charge is 2.27. The summed E-state index contributed by atoms with van der Waals surface area (Å²) >= 11 is 0. The largest absolute Gasteiger partial charge is 0.481 e. The van der Waals surface area contributed by atoms with Crippen LogP contribution in [-0.4, -0.2) is 28.6 Å². The van der Waals surface area contributed by atoms with Crippen molar-refractivity contribution < 1.29 is 4.74 Å². The van der Waals surface area contributed by atoms with E-state index in [9.17, 15) is 0 Å². The number of hydrogen-bond donors (Lipinski definition) is 2. The van der Waals surface area contributed by atoms with Crippen LogP contribution in [0.15, 0.2) is 12.1 Å². The van der Waals surface area contributed by atoms with Crippen molar-refractivity contribution in [2.45, 2.75) is 19.4 Å². The predicted octanol–water partition coefficient (Wildman–Crippen LogP) is 1.64. The number of methoxy groups -OCH3 is 1. The molecule has 1 aliphatic heterocycles. The van der Waals surface area contributed by atoms with E-state index in [1.54, 1.807) is 7.11 Å². The van der Waals surface area contributed by atoms with Crippen molar-refractivity contribution in [2.24, 2.45) is 5.92 Å². The van der Waals surface area contributed by atoms with Gasteiger partial charge in [-0.25, -0.2) is 4.98 Å². The van der Waals surface area contributed by atoms with Gasteiger partial charge in [0, 0.05) is 6.07 Å². The molecule has 2 atom stereocenters. The van der Waals surface area contributed by atoms with Crippen LogP contribution < -0.4 is 10.1 Å². The molecule has 5 nitrogen and oxygen atoms in total. The highest BCUT2D eigenvalue weighted by Crippen LogP contribution is 2.28. The fraction of sp³-hybridized carbons (Fsp3) is 0.500. The fourth-order valence-corrected chi connectivity index (χ4v) is 2.36. The third-order valence-corrected chi connectivity index (χ3v) is 3.38. The van der Waals surface area contributed by atoms with Crippen molar-refractivity contribution in [3.8, 4) is 5.88 Å². The second-order valence-electron chi connectivity index (χ2n) is 4.54. The third kappa shape index (κ3) is 1.76. The lowest BCUT2D eigenvalue weighted by molar-refractivity contribution is 0.399. The monoisotopic (exact) mass is 232 g/mol. The number of aromatic amines is 1. The van der Waals surface area contributed by atoms with Gasteiger partial charge in [-0.05, 0) is 24.9 Å². The molecule has 0 amide bonds. The van der Waals surface area contributed by atoms with Gasteiger partial charge in [0.1, 0.15) is 5.82 Å². The summed E-state index contributed by atoms with van der Waals surface area (Å²) in [7, 11) is 1.61. The molecule has 1 aliphatic rings. The molecule has 0 aromatic carbocycles. The maximum absolute atomic E-state index is 5.10. The van der Waals surface area contributed by atoms with Gasteiger partial charge in [0.05, 0.1) is 18.7 Å². The standard InChI is InChI=1S/C12H16N4O/c1-7-5-6-13-10(7)12-14-8-3-4-9(17-2)15-11(8)16-12/h3-4,7,10,13H,5-6H2,1-2H3,(H,14,15,16). The molecule has 1 fully saturated rings. The summed E-state index contributed by atoms with van der Waals surface area (Å²) in [5.74, 6) is 2.19. The number of H-pyrrole nitrogens is 1. The van der Waals surface area contributed by atoms with E-state index in [1.807, 2.05) is 12.1 Å². The van der Waals surface area contributed by atoms with Crippen LogP contribution >= 0.6 is 0 Å². The quantitative estimate of drug-likeness (QED) is 0.826. The molecule has 2 N–H and O–H groups in total. The summed E-state index contributed by atoms with van der Waals surface area (Å²) in [4.78, 5) is 12.2. The third-order valence-electron chi connectivity index (χ3n) is 3.38. The van der Waals surface area contributed by atoms with Crippen LogP contribution in [0.4, 0.5) is 0 Å². The normalized spacial score (nSPS) is 24.4. The van der Waals surface area contributed by atoms with Gasteiger partial charge < -0.3 is 15.0 Å². The van der Waals surface area contributed by atoms with Gasteiger partial charge in [-0.1, -0.05) is 6.92 Å². The maximum Gasteiger partial charge on any atom is 0.215 e. The molecule has 3 rings (SSSR count). The minimum absolute atomic E-state index is 0.315. The highest BCUT2D eigenvalue weighted by molar-refractivity contribution is 5.71. The first-order chi connectivity index (χ1) is 8.28. The molecule has 1 saturated heterocycles. The molecular weight excluding hydrogens is 216 g/mol. The Labute approximate surface area is 99.6 Å². The SMILES string of the molecule is COc1ccc2[nH]c(C3NCCC3C)nc2n1. The Kier molecular flexibility index (Phi) is 2.48. The Morgan fingerprint density at radius 1 is 1.35 bits per heavy atom. The molecule has 90 valence electrons. The zero-order valence-corrected chi connectivity index (χ0v) is 10.0. The number of nitrogens with one attached hydrogen (secondary N) is 2. The molecule has 17 heavy (non-hydrogen) atoms. The second-order valence-corrected chi connectivity index (χ2v) is 4.54. The van der Waals surface area contributed by atoms with Crippen LogP contribution in [0.2, 0.25) is 0 Å². The van der Waals surface area contributed by atoms with Crippen molar-refractivity contribution in [2.75, 3.05) is 13.7 Å². The van der Waals surface area contributed by atoms with E-state index in [2.05, 4.69) is 27.2 Å². The van der Waals surface area contributed by atoms with Gasteiger partial charge in [0.25, 0.3) is 0 Å². The topological polar surface area (TPSA) is 62.8 Å². The molecule has 3 heterocycles. The van der Waals surface area contributed by atoms with E-state index in [4.69, 9.17) is 4.74 Å². The maximum atomic E-state index is 5.10. The highest BCUT2D eigenvalue weighted by atomic mass is 16.5. The van der Waals surface area contributed by atoms with Crippen molar-refractivity contribution in [1.29, 1.82) is 0 Å². The minimum Gasteiger partial charge on any atom is -0.481 e. The first-order valence-electron chi connectivity index (χ1n) is 5.92. The van der Waals surface area contributed by atoms with Crippen LogP contribution in [0.1, 0.15) is 25.2 Å². The van der Waals surface area contributed by atoms with Crippen molar-refractivity contribution in [3.63, 3.8) is 0 Å². The van der Waals surface area contributed by atoms with Gasteiger partial charge in [0.2, 0.25) is 5.88 Å². The summed E-state index contributed by atoms with van der Waals surface area (Å²) in [6.07, 6.45) is 1.19. The average molecular weight is 232 g/mol. The Morgan fingerprint density at radius 2 is 2.24 bits per heavy atom. The number of imidazole rings is 1. The Bertz CT molecular complexity index is 536. The van der Waals surface area contributed by atoms with Crippen molar-refractivity contribution in [1.82, 2.24) is 20.3 Å². The zero-order chi connectivity index (χ0) is 11.8. The lowest BCUT2D eigenvalue weighted by atomic mass is 10.0. The average Bonchev–Trinajstić information content (AvgIpc) is 2.93. The van der Waals surface area contributed by atoms with E-state index in [0.29, 0.717) is 17.8 Å². The summed E-state index contributed by atoms with van der Waals surface area (Å²) in [6, 6.07) is 4.11. The van der Waals surface area contributed by atoms with Gasteiger partial charge in [-0.15, -0.1) is 0 Å². The van der Waals surface area contributed by atoms with Crippen LogP contribution in [0, 0.1) is 5.92 Å². The Balaban J connectivity index is 2.01. The first-order valence-corrected chi connectivity index (χ1v) is 5.92. The van der Waals surface area contributed by atoms with E-state index >= 15 is 0 Å². The summed E-state index contributed by atoms with van der Waals surface area (Å²) in [5.41, 5.74) is 1.68. The zero-order valence-electron chi connectivity index (χ0n) is 10.0. The Hall–Kier alpha value is -1.62. The first kappa shape index (κ1) is 10.5. The van der Waals surface area contributed by atoms with Crippen molar-refractivity contribution >= 4 is 11.2 Å². The van der Waals surface area contributed by atoms with E-state index in [-0.39, 0.29) is 0 Å². The summed E-state index contributed by atoms with van der Waals surface area (Å²) in [6.45, 7) is 3.30. The van der Waals surface area contributed by atoms with Crippen LogP contribution in [0.25, 0.3) is 11.2 Å². The molecule has 2 aromatic heterocycles. The molecule has 2 aromatic rings. The molecule has 2 unspecified atom stereocenters. The van der Waals surface area contributed by atoms with Crippen LogP contribution in [0.5, 0.6) is 5.88 Å². The Morgan fingerprint density at radius 3 is 2.94 bits per heavy atom. The summed E-state index contributed by atoms with van der Waals surface area (Å²) < 4.78 is 5.10. The fourth-order valence-electron chi connectivity index (χ4n) is 2.36. The molecule has 0 aliphatic carbocycles. The van der Waals surface area contributed by atoms with Crippen molar-refractivity contribution in [3.05, 3.63) is 18.0 Å². The lowest BCUT2D eigenvalue weighted by Gasteiger charge is -2.11. The predicted molar refractivity (Wildman–Crippen MR) is 65.0 cm³/mol. The minimum atomic E-state index is 0.315. The number of hydrogen-bond acceptors (Lipinski definition) is 4. The van der Waals surface area contributed by atoms with Gasteiger partial charge in [-0.2, -0.15) is 4.98 Å². The molecule has 5 heteroatoms. The molecule has 0 saturated carbocycles. The van der Waals surface area contributed by atoms with Gasteiger partial charge in [-0.3, -0.25) is 0 Å². The summed E-state index contributed by atoms with van der Waals surface area (Å²) in [5, 5.41) is 3.46. The smallest absolute Gasteiger partial charge is 0.215 e. The van der Waals surface area contributed by atoms with E-state index in [1.165, 1.54) is 6.42 Å². The van der Waals surface area contributed by atoms with Crippen LogP contribution in [0.3, 0.4) is 0 Å². The second kappa shape index (κ2) is 4.00. The van der Waals surface area contributed by atoms with E-state index < -0.39 is 0 Å². The van der Waals surface area contributed by atoms with E-state index in [0.717, 1.165) is 23.5 Å². The molecule has 0 radical (unpaired) electrons. The number of rotatable bonds is 2. The lowest BCUT2D eigenvalue weighted by Crippen LogP contribution is -2.17. The number of ether oxygens (including phenoxy) is 1. The molecular formula is C12H16N4O. The number of nitrogens with zero attached hydrogens (tertiary/aromatic N) is 2.